The number of methoxy groups -OCH3 is 1. The van der Waals surface area contributed by atoms with Gasteiger partial charge in [0.2, 0.25) is 0 Å². The normalized spacial score (nSPS) is 10.7. The largest absolute Gasteiger partial charge is 0.493 e. The van der Waals surface area contributed by atoms with E-state index < -0.39 is 0 Å². The van der Waals surface area contributed by atoms with E-state index in [2.05, 4.69) is 20.9 Å². The van der Waals surface area contributed by atoms with E-state index in [9.17, 15) is 4.79 Å². The van der Waals surface area contributed by atoms with Crippen LogP contribution in [0.1, 0.15) is 29.5 Å². The van der Waals surface area contributed by atoms with E-state index in [0.717, 1.165) is 17.7 Å². The predicted molar refractivity (Wildman–Crippen MR) is 125 cm³/mol. The highest BCUT2D eigenvalue weighted by atomic mass is 127. The molecule has 0 aliphatic rings. The van der Waals surface area contributed by atoms with Crippen molar-refractivity contribution in [3.8, 4) is 11.5 Å². The second-order valence-corrected chi connectivity index (χ2v) is 5.96. The molecule has 2 aromatic rings. The van der Waals surface area contributed by atoms with Crippen molar-refractivity contribution in [1.82, 2.24) is 10.6 Å². The number of nitrogens with one attached hydrogen (secondary N) is 3. The summed E-state index contributed by atoms with van der Waals surface area (Å²) >= 11 is 0. The lowest BCUT2D eigenvalue weighted by Crippen LogP contribution is -2.33. The SMILES string of the molecule is CCOc1cc(NC(=NC)NCCCNC(=O)c2occc2C)ccc1OC.I. The van der Waals surface area contributed by atoms with E-state index in [1.807, 2.05) is 32.0 Å². The third-order valence-electron chi connectivity index (χ3n) is 3.95. The molecule has 1 aromatic heterocycles. The van der Waals surface area contributed by atoms with Crippen LogP contribution in [0.15, 0.2) is 39.9 Å². The Morgan fingerprint density at radius 3 is 2.55 bits per heavy atom. The Morgan fingerprint density at radius 2 is 1.93 bits per heavy atom. The molecule has 9 heteroatoms. The summed E-state index contributed by atoms with van der Waals surface area (Å²) in [7, 11) is 3.31. The highest BCUT2D eigenvalue weighted by Gasteiger charge is 2.11. The molecule has 29 heavy (non-hydrogen) atoms. The average Bonchev–Trinajstić information content (AvgIpc) is 3.13. The molecule has 1 amide bonds. The molecular formula is C20H29IN4O4. The summed E-state index contributed by atoms with van der Waals surface area (Å²) in [5, 5.41) is 9.26. The zero-order chi connectivity index (χ0) is 20.4. The number of carbonyl (C=O) groups excluding carboxylic acids is 1. The second kappa shape index (κ2) is 12.9. The molecule has 8 nitrogen and oxygen atoms in total. The van der Waals surface area contributed by atoms with Crippen LogP contribution in [0.4, 0.5) is 5.69 Å². The molecule has 0 saturated carbocycles. The van der Waals surface area contributed by atoms with Gasteiger partial charge in [-0.05, 0) is 38.5 Å². The summed E-state index contributed by atoms with van der Waals surface area (Å²) in [5.74, 6) is 2.13. The van der Waals surface area contributed by atoms with Crippen LogP contribution < -0.4 is 25.4 Å². The molecule has 0 aliphatic carbocycles. The van der Waals surface area contributed by atoms with Crippen molar-refractivity contribution in [2.45, 2.75) is 20.3 Å². The molecule has 160 valence electrons. The van der Waals surface area contributed by atoms with Crippen molar-refractivity contribution in [2.75, 3.05) is 39.2 Å². The van der Waals surface area contributed by atoms with Crippen molar-refractivity contribution in [3.05, 3.63) is 41.9 Å². The Hall–Kier alpha value is -2.43. The minimum atomic E-state index is -0.202. The van der Waals surface area contributed by atoms with Crippen molar-refractivity contribution < 1.29 is 18.7 Å². The van der Waals surface area contributed by atoms with Gasteiger partial charge in [-0.1, -0.05) is 0 Å². The fourth-order valence-electron chi connectivity index (χ4n) is 2.52. The predicted octanol–water partition coefficient (Wildman–Crippen LogP) is 3.42. The van der Waals surface area contributed by atoms with Gasteiger partial charge in [0.15, 0.2) is 23.2 Å². The third-order valence-corrected chi connectivity index (χ3v) is 3.95. The highest BCUT2D eigenvalue weighted by Crippen LogP contribution is 2.30. The summed E-state index contributed by atoms with van der Waals surface area (Å²) in [6.45, 7) is 5.49. The molecule has 0 spiro atoms. The maximum Gasteiger partial charge on any atom is 0.287 e. The molecule has 0 saturated heterocycles. The van der Waals surface area contributed by atoms with Gasteiger partial charge in [-0.2, -0.15) is 0 Å². The Kier molecular flexibility index (Phi) is 11.0. The first kappa shape index (κ1) is 24.6. The monoisotopic (exact) mass is 516 g/mol. The lowest BCUT2D eigenvalue weighted by molar-refractivity contribution is 0.0925. The number of carbonyl (C=O) groups is 1. The average molecular weight is 516 g/mol. The summed E-state index contributed by atoms with van der Waals surface area (Å²) in [6, 6.07) is 7.36. The first-order valence-electron chi connectivity index (χ1n) is 9.19. The van der Waals surface area contributed by atoms with Crippen LogP contribution in [0, 0.1) is 6.92 Å². The van der Waals surface area contributed by atoms with Crippen LogP contribution in [-0.4, -0.2) is 45.7 Å². The van der Waals surface area contributed by atoms with Gasteiger partial charge in [-0.3, -0.25) is 9.79 Å². The van der Waals surface area contributed by atoms with Crippen LogP contribution >= 0.6 is 24.0 Å². The molecule has 1 heterocycles. The van der Waals surface area contributed by atoms with Crippen LogP contribution in [-0.2, 0) is 0 Å². The molecule has 0 atom stereocenters. The quantitative estimate of drug-likeness (QED) is 0.205. The maximum atomic E-state index is 12.0. The smallest absolute Gasteiger partial charge is 0.287 e. The summed E-state index contributed by atoms with van der Waals surface area (Å²) in [4.78, 5) is 16.2. The number of guanidine groups is 1. The summed E-state index contributed by atoms with van der Waals surface area (Å²) in [6.07, 6.45) is 2.25. The minimum absolute atomic E-state index is 0. The lowest BCUT2D eigenvalue weighted by Gasteiger charge is -2.14. The number of ether oxygens (including phenoxy) is 2. The third kappa shape index (κ3) is 7.48. The molecule has 0 aliphatic heterocycles. The minimum Gasteiger partial charge on any atom is -0.493 e. The number of hydrogen-bond acceptors (Lipinski definition) is 5. The standard InChI is InChI=1S/C20H28N4O4.HI/c1-5-27-17-13-15(7-8-16(17)26-4)24-20(21-3)23-11-6-10-22-19(25)18-14(2)9-12-28-18;/h7-9,12-13H,5-6,10-11H2,1-4H3,(H,22,25)(H2,21,23,24);1H. The number of furan rings is 1. The van der Waals surface area contributed by atoms with Gasteiger partial charge in [-0.25, -0.2) is 0 Å². The molecular weight excluding hydrogens is 487 g/mol. The van der Waals surface area contributed by atoms with E-state index >= 15 is 0 Å². The number of aryl methyl sites for hydroxylation is 1. The first-order valence-corrected chi connectivity index (χ1v) is 9.19. The van der Waals surface area contributed by atoms with Crippen molar-refractivity contribution in [3.63, 3.8) is 0 Å². The second-order valence-electron chi connectivity index (χ2n) is 5.96. The number of amides is 1. The van der Waals surface area contributed by atoms with Crippen molar-refractivity contribution >= 4 is 41.5 Å². The topological polar surface area (TPSA) is 97.1 Å². The highest BCUT2D eigenvalue weighted by molar-refractivity contribution is 14.0. The fraction of sp³-hybridized carbons (Fsp3) is 0.400. The van der Waals surface area contributed by atoms with E-state index in [1.54, 1.807) is 20.2 Å². The number of hydrogen-bond donors (Lipinski definition) is 3. The number of anilines is 1. The zero-order valence-electron chi connectivity index (χ0n) is 17.2. The van der Waals surface area contributed by atoms with E-state index in [1.165, 1.54) is 6.26 Å². The fourth-order valence-corrected chi connectivity index (χ4v) is 2.52. The Bertz CT molecular complexity index is 808. The van der Waals surface area contributed by atoms with Gasteiger partial charge in [0.05, 0.1) is 20.0 Å². The number of nitrogens with zero attached hydrogens (tertiary/aromatic N) is 1. The van der Waals surface area contributed by atoms with E-state index in [4.69, 9.17) is 13.9 Å². The lowest BCUT2D eigenvalue weighted by atomic mass is 10.2. The van der Waals surface area contributed by atoms with E-state index in [0.29, 0.717) is 42.9 Å². The molecule has 0 bridgehead atoms. The Balaban J connectivity index is 0.00000420. The summed E-state index contributed by atoms with van der Waals surface area (Å²) < 4.78 is 16.0. The number of aliphatic imine (C=N–C) groups is 1. The van der Waals surface area contributed by atoms with Crippen LogP contribution in [0.2, 0.25) is 0 Å². The maximum absolute atomic E-state index is 12.0. The molecule has 0 radical (unpaired) electrons. The number of rotatable bonds is 9. The van der Waals surface area contributed by atoms with Gasteiger partial charge in [0.1, 0.15) is 0 Å². The van der Waals surface area contributed by atoms with Gasteiger partial charge >= 0.3 is 0 Å². The molecule has 1 aromatic carbocycles. The first-order chi connectivity index (χ1) is 13.6. The van der Waals surface area contributed by atoms with Gasteiger partial charge in [0, 0.05) is 37.5 Å². The van der Waals surface area contributed by atoms with Crippen molar-refractivity contribution in [2.24, 2.45) is 4.99 Å². The van der Waals surface area contributed by atoms with Gasteiger partial charge in [-0.15, -0.1) is 24.0 Å². The molecule has 0 fully saturated rings. The Morgan fingerprint density at radius 1 is 1.17 bits per heavy atom. The van der Waals surface area contributed by atoms with Crippen molar-refractivity contribution in [1.29, 1.82) is 0 Å². The summed E-state index contributed by atoms with van der Waals surface area (Å²) in [5.41, 5.74) is 1.66. The molecule has 0 unspecified atom stereocenters. The van der Waals surface area contributed by atoms with Crippen LogP contribution in [0.5, 0.6) is 11.5 Å². The van der Waals surface area contributed by atoms with Crippen LogP contribution in [0.3, 0.4) is 0 Å². The number of halogens is 1. The zero-order valence-corrected chi connectivity index (χ0v) is 19.5. The molecule has 2 rings (SSSR count). The number of benzene rings is 1. The molecule has 3 N–H and O–H groups in total. The van der Waals surface area contributed by atoms with Gasteiger partial charge < -0.3 is 29.8 Å². The van der Waals surface area contributed by atoms with Gasteiger partial charge in [0.25, 0.3) is 5.91 Å². The van der Waals surface area contributed by atoms with E-state index in [-0.39, 0.29) is 29.9 Å². The van der Waals surface area contributed by atoms with Crippen LogP contribution in [0.25, 0.3) is 0 Å². The Labute approximate surface area is 188 Å².